The molecule has 0 aliphatic heterocycles. The Morgan fingerprint density at radius 3 is 1.44 bits per heavy atom. The third-order valence-corrected chi connectivity index (χ3v) is 11.1. The maximum absolute atomic E-state index is 13.6. The quantitative estimate of drug-likeness (QED) is 0.227. The van der Waals surface area contributed by atoms with Gasteiger partial charge in [0, 0.05) is 23.6 Å². The molecule has 164 valence electrons. The highest BCUT2D eigenvalue weighted by molar-refractivity contribution is 9.10. The molecule has 0 aliphatic rings. The van der Waals surface area contributed by atoms with E-state index in [1.807, 2.05) is 85.8 Å². The third kappa shape index (κ3) is 4.72. The average molecular weight is 592 g/mol. The zero-order valence-corrected chi connectivity index (χ0v) is 21.9. The fourth-order valence-electron chi connectivity index (χ4n) is 3.27. The maximum atomic E-state index is 13.6. The van der Waals surface area contributed by atoms with Gasteiger partial charge in [0.1, 0.15) is 0 Å². The SMILES string of the molecule is Cc1ccc(S(=O)(=O)OS(c2ccccc2)(c2ccc(Br)cc2)c2ccc(Br)cc2)cc1. The molecule has 0 bridgehead atoms. The molecule has 32 heavy (non-hydrogen) atoms. The van der Waals surface area contributed by atoms with Crippen LogP contribution in [0.5, 0.6) is 0 Å². The summed E-state index contributed by atoms with van der Waals surface area (Å²) < 4.78 is 35.3. The third-order valence-electron chi connectivity index (χ3n) is 4.87. The van der Waals surface area contributed by atoms with Crippen LogP contribution in [0.4, 0.5) is 0 Å². The second kappa shape index (κ2) is 9.53. The summed E-state index contributed by atoms with van der Waals surface area (Å²) in [5.41, 5.74) is 0.978. The molecule has 0 aromatic heterocycles. The molecule has 0 fully saturated rings. The van der Waals surface area contributed by atoms with Crippen molar-refractivity contribution in [1.82, 2.24) is 0 Å². The van der Waals surface area contributed by atoms with Gasteiger partial charge in [-0.1, -0.05) is 67.8 Å². The highest BCUT2D eigenvalue weighted by Crippen LogP contribution is 2.70. The fourth-order valence-corrected chi connectivity index (χ4v) is 8.99. The molecular formula is C25H20Br2O3S2. The first kappa shape index (κ1) is 23.3. The van der Waals surface area contributed by atoms with Crippen LogP contribution in [0, 0.1) is 6.92 Å². The van der Waals surface area contributed by atoms with Gasteiger partial charge in [-0.15, -0.1) is 0 Å². The van der Waals surface area contributed by atoms with Gasteiger partial charge < -0.3 is 0 Å². The molecule has 0 heterocycles. The number of benzene rings is 4. The van der Waals surface area contributed by atoms with Crippen LogP contribution >= 0.6 is 42.2 Å². The van der Waals surface area contributed by atoms with E-state index in [1.54, 1.807) is 24.3 Å². The van der Waals surface area contributed by atoms with E-state index in [2.05, 4.69) is 31.9 Å². The Morgan fingerprint density at radius 1 is 0.562 bits per heavy atom. The van der Waals surface area contributed by atoms with Gasteiger partial charge in [-0.2, -0.15) is 8.42 Å². The van der Waals surface area contributed by atoms with Crippen molar-refractivity contribution in [3.05, 3.63) is 118 Å². The van der Waals surface area contributed by atoms with Crippen LogP contribution in [0.1, 0.15) is 5.56 Å². The van der Waals surface area contributed by atoms with Crippen LogP contribution in [0.3, 0.4) is 0 Å². The molecule has 0 unspecified atom stereocenters. The van der Waals surface area contributed by atoms with Crippen molar-refractivity contribution >= 4 is 52.3 Å². The number of hydrogen-bond donors (Lipinski definition) is 0. The van der Waals surface area contributed by atoms with Crippen molar-refractivity contribution in [3.63, 3.8) is 0 Å². The highest BCUT2D eigenvalue weighted by atomic mass is 79.9. The molecule has 4 aromatic carbocycles. The monoisotopic (exact) mass is 590 g/mol. The molecule has 0 spiro atoms. The van der Waals surface area contributed by atoms with Crippen LogP contribution in [-0.2, 0) is 13.7 Å². The predicted octanol–water partition coefficient (Wildman–Crippen LogP) is 8.12. The van der Waals surface area contributed by atoms with Crippen molar-refractivity contribution in [2.75, 3.05) is 0 Å². The number of aryl methyl sites for hydroxylation is 1. The lowest BCUT2D eigenvalue weighted by Gasteiger charge is -2.39. The van der Waals surface area contributed by atoms with Crippen LogP contribution in [-0.4, -0.2) is 8.42 Å². The summed E-state index contributed by atoms with van der Waals surface area (Å²) >= 11 is 6.97. The van der Waals surface area contributed by atoms with Crippen molar-refractivity contribution in [3.8, 4) is 0 Å². The van der Waals surface area contributed by atoms with Gasteiger partial charge in [-0.3, -0.25) is 0 Å². The summed E-state index contributed by atoms with van der Waals surface area (Å²) in [5.74, 6) is 0. The molecule has 0 radical (unpaired) electrons. The van der Waals surface area contributed by atoms with E-state index < -0.39 is 20.4 Å². The van der Waals surface area contributed by atoms with Crippen molar-refractivity contribution in [2.24, 2.45) is 0 Å². The van der Waals surface area contributed by atoms with Crippen LogP contribution < -0.4 is 0 Å². The first-order valence-electron chi connectivity index (χ1n) is 9.74. The van der Waals surface area contributed by atoms with E-state index in [1.165, 1.54) is 0 Å². The summed E-state index contributed by atoms with van der Waals surface area (Å²) in [7, 11) is -6.70. The van der Waals surface area contributed by atoms with Crippen molar-refractivity contribution in [1.29, 1.82) is 0 Å². The van der Waals surface area contributed by atoms with Crippen molar-refractivity contribution < 1.29 is 12.0 Å². The van der Waals surface area contributed by atoms with E-state index in [0.717, 1.165) is 29.2 Å². The molecular weight excluding hydrogens is 572 g/mol. The Morgan fingerprint density at radius 2 is 0.969 bits per heavy atom. The van der Waals surface area contributed by atoms with Gasteiger partial charge in [0.2, 0.25) is 0 Å². The molecule has 4 rings (SSSR count). The van der Waals surface area contributed by atoms with E-state index in [9.17, 15) is 8.42 Å². The molecule has 0 amide bonds. The van der Waals surface area contributed by atoms with E-state index >= 15 is 0 Å². The van der Waals surface area contributed by atoms with Gasteiger partial charge in [0.25, 0.3) is 0 Å². The average Bonchev–Trinajstić information content (AvgIpc) is 2.79. The molecule has 0 aliphatic carbocycles. The minimum Gasteiger partial charge on any atom is -0.203 e. The van der Waals surface area contributed by atoms with Crippen molar-refractivity contribution in [2.45, 2.75) is 26.5 Å². The molecule has 4 aromatic rings. The van der Waals surface area contributed by atoms with Gasteiger partial charge >= 0.3 is 10.1 Å². The lowest BCUT2D eigenvalue weighted by atomic mass is 10.2. The molecule has 3 nitrogen and oxygen atoms in total. The topological polar surface area (TPSA) is 43.4 Å². The zero-order valence-electron chi connectivity index (χ0n) is 17.1. The number of halogens is 2. The summed E-state index contributed by atoms with van der Waals surface area (Å²) in [4.78, 5) is 2.49. The largest absolute Gasteiger partial charge is 0.307 e. The second-order valence-electron chi connectivity index (χ2n) is 7.11. The molecule has 0 atom stereocenters. The zero-order chi connectivity index (χ0) is 22.8. The molecule has 0 N–H and O–H groups in total. The van der Waals surface area contributed by atoms with Gasteiger partial charge in [-0.25, -0.2) is 3.63 Å². The van der Waals surface area contributed by atoms with E-state index in [0.29, 0.717) is 0 Å². The van der Waals surface area contributed by atoms with Gasteiger partial charge in [0.15, 0.2) is 0 Å². The maximum Gasteiger partial charge on any atom is 0.307 e. The summed E-state index contributed by atoms with van der Waals surface area (Å²) in [6.45, 7) is 1.92. The first-order valence-corrected chi connectivity index (χ1v) is 14.3. The summed E-state index contributed by atoms with van der Waals surface area (Å²) in [5, 5.41) is 0. The second-order valence-corrected chi connectivity index (χ2v) is 13.4. The highest BCUT2D eigenvalue weighted by Gasteiger charge is 2.38. The van der Waals surface area contributed by atoms with Gasteiger partial charge in [0.05, 0.1) is 4.90 Å². The van der Waals surface area contributed by atoms with Gasteiger partial charge in [-0.05, 0) is 90.0 Å². The molecule has 0 saturated heterocycles. The Hall–Kier alpha value is -1.90. The minimum absolute atomic E-state index is 0.130. The first-order chi connectivity index (χ1) is 15.3. The lowest BCUT2D eigenvalue weighted by molar-refractivity contribution is 0.508. The minimum atomic E-state index is -4.09. The number of rotatable bonds is 6. The van der Waals surface area contributed by atoms with E-state index in [-0.39, 0.29) is 4.90 Å². The molecule has 7 heteroatoms. The predicted molar refractivity (Wildman–Crippen MR) is 137 cm³/mol. The Bertz CT molecular complexity index is 1260. The standard InChI is InChI=1S/C25H20Br2O3S2/c1-19-7-13-25(14-8-19)32(28,29)30-31(22-5-3-2-4-6-22,23-15-9-20(26)10-16-23)24-17-11-21(27)12-18-24/h2-18H,1H3. The van der Waals surface area contributed by atoms with Crippen LogP contribution in [0.2, 0.25) is 0 Å². The Kier molecular flexibility index (Phi) is 6.93. The molecule has 0 saturated carbocycles. The normalized spacial score (nSPS) is 12.5. The smallest absolute Gasteiger partial charge is 0.203 e. The number of hydrogen-bond acceptors (Lipinski definition) is 3. The fraction of sp³-hybridized carbons (Fsp3) is 0.0400. The van der Waals surface area contributed by atoms with E-state index in [4.69, 9.17) is 3.63 Å². The van der Waals surface area contributed by atoms with Crippen LogP contribution in [0.15, 0.2) is 132 Å². The van der Waals surface area contributed by atoms with Crippen LogP contribution in [0.25, 0.3) is 0 Å². The lowest BCUT2D eigenvalue weighted by Crippen LogP contribution is -2.14. The Balaban J connectivity index is 2.01. The summed E-state index contributed by atoms with van der Waals surface area (Å²) in [6, 6.07) is 31.5. The Labute approximate surface area is 207 Å². The summed E-state index contributed by atoms with van der Waals surface area (Å²) in [6.07, 6.45) is 0.